The van der Waals surface area contributed by atoms with Gasteiger partial charge in [0.25, 0.3) is 11.8 Å². The summed E-state index contributed by atoms with van der Waals surface area (Å²) < 4.78 is 13.7. The van der Waals surface area contributed by atoms with Crippen molar-refractivity contribution in [2.24, 2.45) is 0 Å². The first-order valence-electron chi connectivity index (χ1n) is 13.5. The molecule has 2 aromatic carbocycles. The lowest BCUT2D eigenvalue weighted by molar-refractivity contribution is -0.145. The Morgan fingerprint density at radius 1 is 1.07 bits per heavy atom. The second-order valence-electron chi connectivity index (χ2n) is 9.83. The first-order valence-corrected chi connectivity index (χ1v) is 14.4. The molecule has 4 rings (SSSR count). The van der Waals surface area contributed by atoms with E-state index >= 15 is 0 Å². The van der Waals surface area contributed by atoms with Gasteiger partial charge in [-0.05, 0) is 48.4 Å². The first-order chi connectivity index (χ1) is 19.7. The summed E-state index contributed by atoms with van der Waals surface area (Å²) in [5, 5.41) is 14.4. The molecule has 0 bridgehead atoms. The Hall–Kier alpha value is -3.58. The van der Waals surface area contributed by atoms with Gasteiger partial charge < -0.3 is 20.9 Å². The van der Waals surface area contributed by atoms with Crippen molar-refractivity contribution in [1.82, 2.24) is 31.0 Å². The molecule has 1 aliphatic rings. The lowest BCUT2D eigenvalue weighted by Crippen LogP contribution is -2.48. The van der Waals surface area contributed by atoms with E-state index in [1.807, 2.05) is 37.1 Å². The van der Waals surface area contributed by atoms with Gasteiger partial charge in [-0.3, -0.25) is 19.4 Å². The van der Waals surface area contributed by atoms with E-state index in [0.29, 0.717) is 36.9 Å². The molecule has 0 unspecified atom stereocenters. The highest BCUT2D eigenvalue weighted by molar-refractivity contribution is 7.13. The number of nitrogens with zero attached hydrogens (tertiary/aromatic N) is 4. The van der Waals surface area contributed by atoms with E-state index in [1.165, 1.54) is 23.5 Å². The largest absolute Gasteiger partial charge is 0.354 e. The van der Waals surface area contributed by atoms with Crippen molar-refractivity contribution in [1.29, 1.82) is 0 Å². The van der Waals surface area contributed by atoms with E-state index in [-0.39, 0.29) is 49.0 Å². The molecule has 0 saturated heterocycles. The number of anilines is 1. The quantitative estimate of drug-likeness (QED) is 0.268. The maximum Gasteiger partial charge on any atom is 0.270 e. The van der Waals surface area contributed by atoms with E-state index in [2.05, 4.69) is 20.9 Å². The molecule has 3 amide bonds. The van der Waals surface area contributed by atoms with Crippen molar-refractivity contribution < 1.29 is 18.8 Å². The number of hydrogen-bond donors (Lipinski definition) is 3. The molecule has 42 heavy (non-hydrogen) atoms. The number of carbonyl (C=O) groups excluding carboxylic acids is 3. The van der Waals surface area contributed by atoms with Crippen LogP contribution in [0.1, 0.15) is 34.1 Å². The lowest BCUT2D eigenvalue weighted by Gasteiger charge is -2.32. The highest BCUT2D eigenvalue weighted by Crippen LogP contribution is 2.31. The van der Waals surface area contributed by atoms with E-state index < -0.39 is 0 Å². The molecular weight excluding hydrogens is 581 g/mol. The number of benzene rings is 2. The molecule has 0 saturated carbocycles. The van der Waals surface area contributed by atoms with Crippen molar-refractivity contribution in [3.63, 3.8) is 0 Å². The molecule has 0 atom stereocenters. The maximum absolute atomic E-state index is 13.7. The standard InChI is InChI=1S/C29H36FN7O3S.ClH/c1-5-32-10-11-33-26(38)16-36(17-27(39)35(4)37-14-21-8-9-23(30)12-22(21)15-37)25-13-20(7-6-19(25)2)29-34-24(18-41-29)28(40)31-3;/h6-9,12-13,18,32H,5,10-11,14-17H2,1-4H3,(H,31,40)(H,33,38);1H. The number of thiazole rings is 1. The van der Waals surface area contributed by atoms with Gasteiger partial charge in [0.2, 0.25) is 5.91 Å². The Morgan fingerprint density at radius 3 is 2.57 bits per heavy atom. The molecular formula is C29H37ClFN7O3S. The average molecular weight is 618 g/mol. The fourth-order valence-electron chi connectivity index (χ4n) is 4.62. The summed E-state index contributed by atoms with van der Waals surface area (Å²) in [6.07, 6.45) is 0. The summed E-state index contributed by atoms with van der Waals surface area (Å²) in [7, 11) is 3.25. The zero-order valence-corrected chi connectivity index (χ0v) is 25.8. The van der Waals surface area contributed by atoms with Crippen LogP contribution in [-0.2, 0) is 22.7 Å². The van der Waals surface area contributed by atoms with E-state index in [1.54, 1.807) is 35.5 Å². The van der Waals surface area contributed by atoms with Crippen LogP contribution in [0.25, 0.3) is 10.6 Å². The Kier molecular flexibility index (Phi) is 11.8. The molecule has 13 heteroatoms. The number of hydrazine groups is 1. The predicted octanol–water partition coefficient (Wildman–Crippen LogP) is 2.96. The van der Waals surface area contributed by atoms with Gasteiger partial charge in [-0.2, -0.15) is 0 Å². The fraction of sp³-hybridized carbons (Fsp3) is 0.379. The third kappa shape index (κ3) is 8.03. The Morgan fingerprint density at radius 2 is 1.83 bits per heavy atom. The summed E-state index contributed by atoms with van der Waals surface area (Å²) in [5.41, 5.74) is 4.54. The van der Waals surface area contributed by atoms with Gasteiger partial charge in [-0.1, -0.05) is 25.1 Å². The Labute approximate surface area is 255 Å². The van der Waals surface area contributed by atoms with Crippen LogP contribution >= 0.6 is 23.7 Å². The SMILES string of the molecule is CCNCCNC(=O)CN(CC(=O)N(C)N1Cc2ccc(F)cc2C1)c1cc(-c2nc(C(=O)NC)cs2)ccc1C.Cl. The second-order valence-corrected chi connectivity index (χ2v) is 10.7. The lowest BCUT2D eigenvalue weighted by atomic mass is 10.1. The summed E-state index contributed by atoms with van der Waals surface area (Å²) >= 11 is 1.35. The average Bonchev–Trinajstić information content (AvgIpc) is 3.62. The number of rotatable bonds is 12. The van der Waals surface area contributed by atoms with Gasteiger partial charge in [0.05, 0.1) is 13.1 Å². The minimum atomic E-state index is -0.302. The molecule has 226 valence electrons. The van der Waals surface area contributed by atoms with Crippen LogP contribution in [0.5, 0.6) is 0 Å². The Bertz CT molecular complexity index is 1420. The number of aromatic nitrogens is 1. The maximum atomic E-state index is 13.7. The number of likely N-dealkylation sites (N-methyl/N-ethyl adjacent to an activating group) is 2. The van der Waals surface area contributed by atoms with Crippen molar-refractivity contribution in [2.75, 3.05) is 51.7 Å². The minimum absolute atomic E-state index is 0. The number of amides is 3. The number of nitrogens with one attached hydrogen (secondary N) is 3. The monoisotopic (exact) mass is 617 g/mol. The molecule has 1 aromatic heterocycles. The molecule has 0 radical (unpaired) electrons. The van der Waals surface area contributed by atoms with Crippen LogP contribution in [0.4, 0.5) is 10.1 Å². The Balaban J connectivity index is 0.00000484. The number of halogens is 2. The highest BCUT2D eigenvalue weighted by Gasteiger charge is 2.27. The van der Waals surface area contributed by atoms with Crippen LogP contribution in [-0.4, -0.2) is 79.5 Å². The van der Waals surface area contributed by atoms with Gasteiger partial charge in [0, 0.05) is 56.9 Å². The number of fused-ring (bicyclic) bond motifs is 1. The summed E-state index contributed by atoms with van der Waals surface area (Å²) in [5.74, 6) is -0.983. The van der Waals surface area contributed by atoms with Crippen LogP contribution in [0.15, 0.2) is 41.8 Å². The first kappa shape index (κ1) is 32.9. The summed E-state index contributed by atoms with van der Waals surface area (Å²) in [6.45, 7) is 6.68. The van der Waals surface area contributed by atoms with Crippen LogP contribution in [0, 0.1) is 12.7 Å². The van der Waals surface area contributed by atoms with Crippen molar-refractivity contribution in [3.05, 3.63) is 70.0 Å². The van der Waals surface area contributed by atoms with Crippen LogP contribution in [0.3, 0.4) is 0 Å². The molecule has 0 aliphatic carbocycles. The van der Waals surface area contributed by atoms with Crippen molar-refractivity contribution >= 4 is 47.2 Å². The zero-order valence-electron chi connectivity index (χ0n) is 24.2. The van der Waals surface area contributed by atoms with Crippen molar-refractivity contribution in [2.45, 2.75) is 26.9 Å². The second kappa shape index (κ2) is 15.1. The van der Waals surface area contributed by atoms with Gasteiger partial charge >= 0.3 is 0 Å². The number of carbonyl (C=O) groups is 3. The highest BCUT2D eigenvalue weighted by atomic mass is 35.5. The zero-order chi connectivity index (χ0) is 29.5. The molecule has 2 heterocycles. The van der Waals surface area contributed by atoms with Crippen LogP contribution < -0.4 is 20.9 Å². The number of hydrogen-bond acceptors (Lipinski definition) is 8. The van der Waals surface area contributed by atoms with Gasteiger partial charge in [-0.25, -0.2) is 14.4 Å². The normalized spacial score (nSPS) is 12.3. The molecule has 3 aromatic rings. The molecule has 10 nitrogen and oxygen atoms in total. The third-order valence-corrected chi connectivity index (χ3v) is 7.85. The van der Waals surface area contributed by atoms with Gasteiger partial charge in [-0.15, -0.1) is 23.7 Å². The fourth-order valence-corrected chi connectivity index (χ4v) is 5.42. The molecule has 3 N–H and O–H groups in total. The van der Waals surface area contributed by atoms with E-state index in [4.69, 9.17) is 0 Å². The minimum Gasteiger partial charge on any atom is -0.354 e. The van der Waals surface area contributed by atoms with Crippen molar-refractivity contribution in [3.8, 4) is 10.6 Å². The predicted molar refractivity (Wildman–Crippen MR) is 165 cm³/mol. The van der Waals surface area contributed by atoms with E-state index in [9.17, 15) is 18.8 Å². The van der Waals surface area contributed by atoms with Crippen LogP contribution in [0.2, 0.25) is 0 Å². The molecule has 0 fully saturated rings. The van der Waals surface area contributed by atoms with Gasteiger partial charge in [0.1, 0.15) is 16.5 Å². The van der Waals surface area contributed by atoms with E-state index in [0.717, 1.165) is 34.5 Å². The molecule has 1 aliphatic heterocycles. The van der Waals surface area contributed by atoms with Gasteiger partial charge in [0.15, 0.2) is 0 Å². The third-order valence-electron chi connectivity index (χ3n) is 6.95. The smallest absolute Gasteiger partial charge is 0.270 e. The molecule has 0 spiro atoms. The topological polar surface area (TPSA) is 110 Å². The summed E-state index contributed by atoms with van der Waals surface area (Å²) in [6, 6.07) is 10.4. The summed E-state index contributed by atoms with van der Waals surface area (Å²) in [4.78, 5) is 44.8. The number of aryl methyl sites for hydroxylation is 1.